The Morgan fingerprint density at radius 3 is 2.29 bits per heavy atom. The predicted octanol–water partition coefficient (Wildman–Crippen LogP) is 7.26. The quantitative estimate of drug-likeness (QED) is 0.319. The largest absolute Gasteiger partial charge is 0.481 e. The molecule has 5 aliphatic rings. The number of carbonyl (C=O) groups is 2. The first kappa shape index (κ1) is 24.8. The minimum Gasteiger partial charge on any atom is -0.481 e. The lowest BCUT2D eigenvalue weighted by molar-refractivity contribution is -0.164. The molecule has 7 atom stereocenters. The van der Waals surface area contributed by atoms with Crippen LogP contribution in [0, 0.1) is 51.4 Å². The van der Waals surface area contributed by atoms with Crippen molar-refractivity contribution in [2.45, 2.75) is 106 Å². The van der Waals surface area contributed by atoms with Gasteiger partial charge in [0.05, 0.1) is 5.41 Å². The van der Waals surface area contributed by atoms with Gasteiger partial charge in [0.2, 0.25) is 5.78 Å². The molecule has 0 amide bonds. The van der Waals surface area contributed by atoms with Crippen LogP contribution in [0.1, 0.15) is 99.8 Å². The van der Waals surface area contributed by atoms with E-state index in [-0.39, 0.29) is 33.9 Å². The third-order valence-electron chi connectivity index (χ3n) is 12.2. The summed E-state index contributed by atoms with van der Waals surface area (Å²) in [4.78, 5) is 29.9. The Hall–Kier alpha value is -1.89. The van der Waals surface area contributed by atoms with E-state index in [1.54, 1.807) is 0 Å². The lowest BCUT2D eigenvalue weighted by Crippen LogP contribution is -2.61. The Morgan fingerprint density at radius 2 is 1.66 bits per heavy atom. The van der Waals surface area contributed by atoms with Crippen LogP contribution in [0.15, 0.2) is 22.8 Å². The molecule has 4 heteroatoms. The molecule has 190 valence electrons. The lowest BCUT2D eigenvalue weighted by atomic mass is 9.37. The fraction of sp³-hybridized carbons (Fsp3) is 0.774. The fourth-order valence-corrected chi connectivity index (χ4v) is 9.63. The maximum atomic E-state index is 13.3. The maximum absolute atomic E-state index is 13.3. The molecule has 0 radical (unpaired) electrons. The number of fused-ring (bicyclic) bond motifs is 7. The Kier molecular flexibility index (Phi) is 5.19. The molecule has 0 aromatic carbocycles. The van der Waals surface area contributed by atoms with E-state index >= 15 is 0 Å². The molecule has 5 aliphatic carbocycles. The van der Waals surface area contributed by atoms with Gasteiger partial charge in [-0.05, 0) is 92.3 Å². The fourth-order valence-electron chi connectivity index (χ4n) is 9.63. The third kappa shape index (κ3) is 2.96. The second-order valence-corrected chi connectivity index (χ2v) is 14.4. The molecule has 3 fully saturated rings. The summed E-state index contributed by atoms with van der Waals surface area (Å²) in [6.07, 6.45) is 9.77. The molecule has 35 heavy (non-hydrogen) atoms. The van der Waals surface area contributed by atoms with Gasteiger partial charge in [0.15, 0.2) is 0 Å². The standard InChI is InChI=1S/C31H43NO3/c1-18-23-20(28(4,5)25(33)24(18)32-8)11-12-29(6)21(23)10-9-19-22-17-27(2,3)13-15-31(22,26(34)35)16-14-30(19,29)7/h9,20-22,24H,10-17H2,1-7H3,(H,34,35)/t20-,21-,22?,24?,29-,30-,31+/m1/s1. The van der Waals surface area contributed by atoms with Crippen molar-refractivity contribution in [3.05, 3.63) is 34.2 Å². The number of rotatable bonds is 1. The van der Waals surface area contributed by atoms with E-state index in [0.29, 0.717) is 5.92 Å². The highest BCUT2D eigenvalue weighted by molar-refractivity contribution is 5.95. The highest BCUT2D eigenvalue weighted by atomic mass is 16.4. The van der Waals surface area contributed by atoms with Crippen molar-refractivity contribution in [3.63, 3.8) is 0 Å². The van der Waals surface area contributed by atoms with E-state index in [9.17, 15) is 14.7 Å². The molecule has 0 aromatic heterocycles. The molecule has 0 aromatic rings. The molecular weight excluding hydrogens is 434 g/mol. The van der Waals surface area contributed by atoms with Crippen molar-refractivity contribution in [2.24, 2.45) is 44.8 Å². The maximum Gasteiger partial charge on any atom is 0.310 e. The predicted molar refractivity (Wildman–Crippen MR) is 137 cm³/mol. The molecule has 0 heterocycles. The highest BCUT2D eigenvalue weighted by Gasteiger charge is 2.67. The van der Waals surface area contributed by atoms with Crippen LogP contribution in [-0.4, -0.2) is 22.9 Å². The molecule has 5 rings (SSSR count). The van der Waals surface area contributed by atoms with Crippen LogP contribution in [0.4, 0.5) is 0 Å². The Balaban J connectivity index is 1.66. The van der Waals surface area contributed by atoms with Gasteiger partial charge in [-0.3, -0.25) is 9.59 Å². The molecule has 0 aliphatic heterocycles. The van der Waals surface area contributed by atoms with Gasteiger partial charge >= 0.3 is 12.0 Å². The minimum atomic E-state index is -0.651. The van der Waals surface area contributed by atoms with Gasteiger partial charge in [0.25, 0.3) is 0 Å². The van der Waals surface area contributed by atoms with Crippen LogP contribution < -0.4 is 0 Å². The highest BCUT2D eigenvalue weighted by Crippen LogP contribution is 2.73. The third-order valence-corrected chi connectivity index (χ3v) is 12.2. The van der Waals surface area contributed by atoms with Gasteiger partial charge < -0.3 is 9.95 Å². The van der Waals surface area contributed by atoms with E-state index in [1.807, 2.05) is 6.92 Å². The van der Waals surface area contributed by atoms with Crippen LogP contribution in [0.25, 0.3) is 4.85 Å². The zero-order valence-electron chi connectivity index (χ0n) is 22.8. The van der Waals surface area contributed by atoms with Gasteiger partial charge in [-0.2, -0.15) is 0 Å². The molecule has 4 nitrogen and oxygen atoms in total. The Morgan fingerprint density at radius 1 is 1.00 bits per heavy atom. The van der Waals surface area contributed by atoms with Gasteiger partial charge in [-0.25, -0.2) is 6.57 Å². The number of aliphatic carboxylic acids is 1. The van der Waals surface area contributed by atoms with Crippen LogP contribution in [0.3, 0.4) is 0 Å². The van der Waals surface area contributed by atoms with E-state index in [1.165, 1.54) is 11.1 Å². The Bertz CT molecular complexity index is 1100. The summed E-state index contributed by atoms with van der Waals surface area (Å²) in [5.41, 5.74) is 2.82. The second-order valence-electron chi connectivity index (χ2n) is 14.4. The first-order chi connectivity index (χ1) is 16.2. The topological polar surface area (TPSA) is 58.7 Å². The number of nitrogens with zero attached hydrogens (tertiary/aromatic N) is 1. The summed E-state index contributed by atoms with van der Waals surface area (Å²) in [6, 6.07) is -0.651. The Labute approximate surface area is 211 Å². The first-order valence-electron chi connectivity index (χ1n) is 13.7. The van der Waals surface area contributed by atoms with E-state index < -0.39 is 22.8 Å². The van der Waals surface area contributed by atoms with Gasteiger partial charge in [-0.1, -0.05) is 58.8 Å². The summed E-state index contributed by atoms with van der Waals surface area (Å²) >= 11 is 0. The average molecular weight is 478 g/mol. The summed E-state index contributed by atoms with van der Waals surface area (Å²) in [7, 11) is 0. The number of carboxylic acids is 1. The molecule has 0 saturated heterocycles. The van der Waals surface area contributed by atoms with Crippen LogP contribution >= 0.6 is 0 Å². The number of hydrogen-bond acceptors (Lipinski definition) is 2. The lowest BCUT2D eigenvalue weighted by Gasteiger charge is -2.66. The van der Waals surface area contributed by atoms with Crippen molar-refractivity contribution < 1.29 is 14.7 Å². The SMILES string of the molecule is [C-]#[N+]C1C(=O)C(C)(C)[C@@H]2CC[C@]3(C)[C@H](CC=C4C5CC(C)(C)CC[C@]5(C(=O)O)CC[C@]43C)C2=C1C. The minimum absolute atomic E-state index is 0.0134. The summed E-state index contributed by atoms with van der Waals surface area (Å²) in [5.74, 6) is 0.130. The number of carboxylic acid groups (broad SMARTS) is 1. The molecule has 0 bridgehead atoms. The summed E-state index contributed by atoms with van der Waals surface area (Å²) < 4.78 is 0. The van der Waals surface area contributed by atoms with Crippen LogP contribution in [-0.2, 0) is 9.59 Å². The zero-order chi connectivity index (χ0) is 25.8. The van der Waals surface area contributed by atoms with E-state index in [2.05, 4.69) is 52.5 Å². The summed E-state index contributed by atoms with van der Waals surface area (Å²) in [5, 5.41) is 10.5. The average Bonchev–Trinajstić information content (AvgIpc) is 2.77. The van der Waals surface area contributed by atoms with Crippen molar-refractivity contribution in [1.29, 1.82) is 0 Å². The van der Waals surface area contributed by atoms with Crippen molar-refractivity contribution >= 4 is 11.8 Å². The molecule has 2 unspecified atom stereocenters. The van der Waals surface area contributed by atoms with Gasteiger partial charge in [0, 0.05) is 11.0 Å². The smallest absolute Gasteiger partial charge is 0.310 e. The van der Waals surface area contributed by atoms with Gasteiger partial charge in [0.1, 0.15) is 0 Å². The van der Waals surface area contributed by atoms with E-state index in [0.717, 1.165) is 56.9 Å². The zero-order valence-corrected chi connectivity index (χ0v) is 22.8. The van der Waals surface area contributed by atoms with Crippen LogP contribution in [0.5, 0.6) is 0 Å². The second kappa shape index (κ2) is 7.33. The number of allylic oxidation sites excluding steroid dienone is 3. The number of hydrogen-bond donors (Lipinski definition) is 1. The van der Waals surface area contributed by atoms with E-state index in [4.69, 9.17) is 6.57 Å². The molecule has 0 spiro atoms. The molecule has 3 saturated carbocycles. The first-order valence-corrected chi connectivity index (χ1v) is 13.7. The van der Waals surface area contributed by atoms with Crippen LogP contribution in [0.2, 0.25) is 0 Å². The summed E-state index contributed by atoms with van der Waals surface area (Å²) in [6.45, 7) is 23.5. The number of carbonyl (C=O) groups excluding carboxylic acids is 1. The monoisotopic (exact) mass is 477 g/mol. The normalized spacial score (nSPS) is 45.8. The van der Waals surface area contributed by atoms with Gasteiger partial charge in [-0.15, -0.1) is 0 Å². The number of ketones is 1. The molecule has 1 N–H and O–H groups in total. The number of Topliss-reactive ketones (excluding diaryl/α,β-unsaturated/α-hetero) is 1. The van der Waals surface area contributed by atoms with Crippen molar-refractivity contribution in [2.75, 3.05) is 0 Å². The van der Waals surface area contributed by atoms with Crippen molar-refractivity contribution in [3.8, 4) is 0 Å². The van der Waals surface area contributed by atoms with Crippen molar-refractivity contribution in [1.82, 2.24) is 0 Å². The molecular formula is C31H43NO3.